The van der Waals surface area contributed by atoms with Crippen molar-refractivity contribution in [1.29, 1.82) is 0 Å². The Morgan fingerprint density at radius 1 is 0.821 bits per heavy atom. The zero-order chi connectivity index (χ0) is 19.5. The molecule has 0 unspecified atom stereocenters. The first kappa shape index (κ1) is 18.0. The van der Waals surface area contributed by atoms with Gasteiger partial charge in [0.1, 0.15) is 17.5 Å². The van der Waals surface area contributed by atoms with Gasteiger partial charge in [-0.05, 0) is 63.1 Å². The predicted octanol–water partition coefficient (Wildman–Crippen LogP) is 4.93. The quantitative estimate of drug-likeness (QED) is 0.571. The molecule has 0 spiro atoms. The Morgan fingerprint density at radius 3 is 1.86 bits per heavy atom. The normalized spacial score (nSPS) is 13.1. The summed E-state index contributed by atoms with van der Waals surface area (Å²) < 4.78 is 0. The number of amides is 1. The first-order valence-corrected chi connectivity index (χ1v) is 9.42. The lowest BCUT2D eigenvalue weighted by atomic mass is 10.2. The van der Waals surface area contributed by atoms with E-state index in [1.807, 2.05) is 49.4 Å². The first-order valence-electron chi connectivity index (χ1n) is 9.42. The third-order valence-electron chi connectivity index (χ3n) is 4.53. The molecule has 1 aliphatic rings. The maximum Gasteiger partial charge on any atom is 0.227 e. The van der Waals surface area contributed by atoms with Crippen LogP contribution in [0.2, 0.25) is 0 Å². The lowest BCUT2D eigenvalue weighted by molar-refractivity contribution is -0.117. The average Bonchev–Trinajstić information content (AvgIpc) is 3.50. The molecule has 142 valence electrons. The molecule has 2 aromatic carbocycles. The lowest BCUT2D eigenvalue weighted by Crippen LogP contribution is -2.13. The summed E-state index contributed by atoms with van der Waals surface area (Å²) in [4.78, 5) is 20.8. The minimum Gasteiger partial charge on any atom is -0.340 e. The van der Waals surface area contributed by atoms with E-state index in [4.69, 9.17) is 0 Å². The van der Waals surface area contributed by atoms with Gasteiger partial charge in [-0.3, -0.25) is 4.79 Å². The van der Waals surface area contributed by atoms with Crippen molar-refractivity contribution in [3.8, 4) is 0 Å². The second kappa shape index (κ2) is 7.68. The highest BCUT2D eigenvalue weighted by molar-refractivity contribution is 5.94. The number of nitrogens with one attached hydrogen (secondary N) is 3. The molecule has 1 heterocycles. The number of hydrogen-bond donors (Lipinski definition) is 3. The molecule has 6 nitrogen and oxygen atoms in total. The van der Waals surface area contributed by atoms with Crippen molar-refractivity contribution in [1.82, 2.24) is 9.97 Å². The van der Waals surface area contributed by atoms with Crippen molar-refractivity contribution in [2.75, 3.05) is 16.0 Å². The molecule has 0 saturated heterocycles. The van der Waals surface area contributed by atoms with Gasteiger partial charge in [-0.15, -0.1) is 0 Å². The molecule has 1 aliphatic carbocycles. The first-order chi connectivity index (χ1) is 13.5. The van der Waals surface area contributed by atoms with Crippen LogP contribution in [0.25, 0.3) is 0 Å². The molecule has 28 heavy (non-hydrogen) atoms. The van der Waals surface area contributed by atoms with Crippen LogP contribution in [0.15, 0.2) is 54.6 Å². The Balaban J connectivity index is 1.44. The van der Waals surface area contributed by atoms with Gasteiger partial charge in [-0.2, -0.15) is 0 Å². The van der Waals surface area contributed by atoms with Crippen LogP contribution in [0.4, 0.5) is 28.7 Å². The number of carbonyl (C=O) groups excluding carboxylic acids is 1. The van der Waals surface area contributed by atoms with Gasteiger partial charge >= 0.3 is 0 Å². The van der Waals surface area contributed by atoms with E-state index in [-0.39, 0.29) is 11.8 Å². The Kier molecular flexibility index (Phi) is 4.93. The van der Waals surface area contributed by atoms with Gasteiger partial charge in [-0.1, -0.05) is 17.7 Å². The van der Waals surface area contributed by atoms with Crippen molar-refractivity contribution in [2.24, 2.45) is 5.92 Å². The summed E-state index contributed by atoms with van der Waals surface area (Å²) in [5.41, 5.74) is 3.89. The Morgan fingerprint density at radius 2 is 1.32 bits per heavy atom. The number of anilines is 5. The monoisotopic (exact) mass is 373 g/mol. The fraction of sp³-hybridized carbons (Fsp3) is 0.227. The summed E-state index contributed by atoms with van der Waals surface area (Å²) in [5.74, 6) is 2.41. The molecule has 0 radical (unpaired) electrons. The van der Waals surface area contributed by atoms with Gasteiger partial charge in [0.15, 0.2) is 0 Å². The molecule has 4 rings (SSSR count). The lowest BCUT2D eigenvalue weighted by Gasteiger charge is -2.11. The van der Waals surface area contributed by atoms with Gasteiger partial charge in [0, 0.05) is 29.0 Å². The largest absolute Gasteiger partial charge is 0.340 e. The number of benzene rings is 2. The zero-order valence-corrected chi connectivity index (χ0v) is 16.0. The summed E-state index contributed by atoms with van der Waals surface area (Å²) in [5, 5.41) is 9.54. The van der Waals surface area contributed by atoms with Crippen molar-refractivity contribution in [2.45, 2.75) is 26.7 Å². The number of hydrogen-bond acceptors (Lipinski definition) is 5. The molecule has 1 saturated carbocycles. The number of aryl methyl sites for hydroxylation is 2. The molecule has 1 amide bonds. The smallest absolute Gasteiger partial charge is 0.227 e. The van der Waals surface area contributed by atoms with Crippen LogP contribution in [0.5, 0.6) is 0 Å². The number of carbonyl (C=O) groups is 1. The molecule has 0 bridgehead atoms. The van der Waals surface area contributed by atoms with Gasteiger partial charge in [0.2, 0.25) is 5.91 Å². The van der Waals surface area contributed by atoms with E-state index in [0.29, 0.717) is 11.6 Å². The van der Waals surface area contributed by atoms with Gasteiger partial charge in [-0.25, -0.2) is 9.97 Å². The fourth-order valence-corrected chi connectivity index (χ4v) is 2.86. The second-order valence-corrected chi connectivity index (χ2v) is 7.14. The number of rotatable bonds is 6. The van der Waals surface area contributed by atoms with E-state index in [1.165, 1.54) is 5.56 Å². The van der Waals surface area contributed by atoms with Gasteiger partial charge < -0.3 is 16.0 Å². The fourth-order valence-electron chi connectivity index (χ4n) is 2.86. The third-order valence-corrected chi connectivity index (χ3v) is 4.53. The molecular formula is C22H23N5O. The van der Waals surface area contributed by atoms with Crippen molar-refractivity contribution in [3.05, 3.63) is 66.0 Å². The van der Waals surface area contributed by atoms with Crippen molar-refractivity contribution in [3.63, 3.8) is 0 Å². The SMILES string of the molecule is Cc1ccc(Nc2cc(Nc3ccc(NC(=O)C4CC4)cc3)nc(C)n2)cc1. The minimum atomic E-state index is 0.110. The summed E-state index contributed by atoms with van der Waals surface area (Å²) in [6.45, 7) is 3.92. The Labute approximate surface area is 164 Å². The molecule has 0 atom stereocenters. The van der Waals surface area contributed by atoms with Crippen LogP contribution in [0, 0.1) is 19.8 Å². The molecule has 1 fully saturated rings. The van der Waals surface area contributed by atoms with E-state index < -0.39 is 0 Å². The Bertz CT molecular complexity index is 979. The third kappa shape index (κ3) is 4.65. The van der Waals surface area contributed by atoms with Crippen LogP contribution in [-0.4, -0.2) is 15.9 Å². The zero-order valence-electron chi connectivity index (χ0n) is 16.0. The summed E-state index contributed by atoms with van der Waals surface area (Å²) in [6.07, 6.45) is 2.00. The summed E-state index contributed by atoms with van der Waals surface area (Å²) in [7, 11) is 0. The minimum absolute atomic E-state index is 0.110. The Hall–Kier alpha value is -3.41. The summed E-state index contributed by atoms with van der Waals surface area (Å²) in [6, 6.07) is 17.7. The molecule has 1 aromatic heterocycles. The van der Waals surface area contributed by atoms with E-state index in [0.717, 1.165) is 35.7 Å². The molecular weight excluding hydrogens is 350 g/mol. The van der Waals surface area contributed by atoms with E-state index in [9.17, 15) is 4.79 Å². The maximum atomic E-state index is 11.8. The number of nitrogens with zero attached hydrogens (tertiary/aromatic N) is 2. The van der Waals surface area contributed by atoms with Gasteiger partial charge in [0.05, 0.1) is 0 Å². The van der Waals surface area contributed by atoms with Crippen LogP contribution in [0.1, 0.15) is 24.2 Å². The van der Waals surface area contributed by atoms with Crippen LogP contribution < -0.4 is 16.0 Å². The number of aromatic nitrogens is 2. The highest BCUT2D eigenvalue weighted by Crippen LogP contribution is 2.30. The van der Waals surface area contributed by atoms with Crippen molar-refractivity contribution >= 4 is 34.6 Å². The standard InChI is InChI=1S/C22H23N5O/c1-14-3-7-17(8-4-14)25-20-13-21(24-15(2)23-20)26-18-9-11-19(12-10-18)27-22(28)16-5-6-16/h3-4,7-13,16H,5-6H2,1-2H3,(H,27,28)(H2,23,24,25,26). The second-order valence-electron chi connectivity index (χ2n) is 7.14. The average molecular weight is 373 g/mol. The molecule has 3 aromatic rings. The van der Waals surface area contributed by atoms with E-state index >= 15 is 0 Å². The van der Waals surface area contributed by atoms with E-state index in [1.54, 1.807) is 0 Å². The highest BCUT2D eigenvalue weighted by Gasteiger charge is 2.29. The topological polar surface area (TPSA) is 78.9 Å². The maximum absolute atomic E-state index is 11.8. The van der Waals surface area contributed by atoms with Crippen LogP contribution >= 0.6 is 0 Å². The highest BCUT2D eigenvalue weighted by atomic mass is 16.2. The molecule has 0 aliphatic heterocycles. The predicted molar refractivity (Wildman–Crippen MR) is 112 cm³/mol. The van der Waals surface area contributed by atoms with E-state index in [2.05, 4.69) is 45.0 Å². The molecule has 3 N–H and O–H groups in total. The van der Waals surface area contributed by atoms with Crippen molar-refractivity contribution < 1.29 is 4.79 Å². The summed E-state index contributed by atoms with van der Waals surface area (Å²) >= 11 is 0. The van der Waals surface area contributed by atoms with Crippen LogP contribution in [-0.2, 0) is 4.79 Å². The molecule has 6 heteroatoms. The van der Waals surface area contributed by atoms with Gasteiger partial charge in [0.25, 0.3) is 0 Å². The van der Waals surface area contributed by atoms with Crippen LogP contribution in [0.3, 0.4) is 0 Å².